The maximum atomic E-state index is 14.3. The first-order valence-electron chi connectivity index (χ1n) is 30.3. The van der Waals surface area contributed by atoms with E-state index in [1.807, 2.05) is 0 Å². The van der Waals surface area contributed by atoms with Crippen LogP contribution in [0.4, 0.5) is 0 Å². The van der Waals surface area contributed by atoms with Crippen LogP contribution in [0.15, 0.2) is 146 Å². The van der Waals surface area contributed by atoms with E-state index in [9.17, 15) is 47.9 Å². The molecular weight excluding hydrogens is 1170 g/mol. The molecule has 92 heavy (non-hydrogen) atoms. The minimum atomic E-state index is -0.724. The summed E-state index contributed by atoms with van der Waals surface area (Å²) in [6.45, 7) is -2.66. The Morgan fingerprint density at radius 3 is 0.880 bits per heavy atom. The second-order valence-corrected chi connectivity index (χ2v) is 21.7. The maximum absolute atomic E-state index is 14.3. The molecule has 474 valence electrons. The second-order valence-electron chi connectivity index (χ2n) is 21.7. The van der Waals surface area contributed by atoms with Gasteiger partial charge in [0.1, 0.15) is 0 Å². The number of hydrogen-bond acceptors (Lipinski definition) is 14. The molecule has 0 radical (unpaired) electrons. The zero-order valence-corrected chi connectivity index (χ0v) is 50.8. The van der Waals surface area contributed by atoms with Crippen molar-refractivity contribution in [3.63, 3.8) is 0 Å². The minimum absolute atomic E-state index is 0.0276. The number of hydrogen-bond donors (Lipinski definition) is 8. The molecule has 10 amide bonds. The summed E-state index contributed by atoms with van der Waals surface area (Å²) in [5.41, 5.74) is 4.30. The highest BCUT2D eigenvalue weighted by Crippen LogP contribution is 2.29. The minimum Gasteiger partial charge on any atom is -0.396 e. The lowest BCUT2D eigenvalue weighted by atomic mass is 10.0. The maximum Gasteiger partial charge on any atom is 0.253 e. The largest absolute Gasteiger partial charge is 0.396 e. The molecule has 9 rings (SSSR count). The number of aliphatic hydroxyl groups is 1. The highest BCUT2D eigenvalue weighted by molar-refractivity contribution is 6.19. The van der Waals surface area contributed by atoms with Gasteiger partial charge in [-0.05, 0) is 49.2 Å². The highest BCUT2D eigenvalue weighted by Gasteiger charge is 2.26. The average Bonchev–Trinajstić information content (AvgIpc) is 1.04. The van der Waals surface area contributed by atoms with Gasteiger partial charge in [-0.15, -0.1) is 0 Å². The highest BCUT2D eigenvalue weighted by atomic mass is 16.3. The van der Waals surface area contributed by atoms with E-state index in [1.54, 1.807) is 146 Å². The number of aromatic nitrogens is 3. The molecule has 0 fully saturated rings. The van der Waals surface area contributed by atoms with E-state index in [0.29, 0.717) is 95.9 Å². The van der Waals surface area contributed by atoms with Gasteiger partial charge < -0.3 is 57.0 Å². The number of aliphatic hydroxyl groups excluding tert-OH is 1. The van der Waals surface area contributed by atoms with E-state index in [0.717, 1.165) is 22.6 Å². The van der Waals surface area contributed by atoms with Crippen molar-refractivity contribution in [1.82, 2.24) is 66.9 Å². The topological polar surface area (TPSA) is 324 Å². The van der Waals surface area contributed by atoms with Gasteiger partial charge in [0, 0.05) is 91.7 Å². The fraction of sp³-hybridized carbons (Fsp3) is 0.279. The Hall–Kier alpha value is -11.0. The van der Waals surface area contributed by atoms with Crippen LogP contribution >= 0.6 is 0 Å². The summed E-state index contributed by atoms with van der Waals surface area (Å²) in [6.07, 6.45) is 2.78. The number of nitrogens with one attached hydrogen (secondary N) is 7. The molecule has 0 atom stereocenters. The number of amides is 10. The number of para-hydroxylation sites is 6. The Morgan fingerprint density at radius 2 is 0.598 bits per heavy atom. The Bertz CT molecular complexity index is 4100. The number of rotatable bonds is 30. The molecule has 0 aliphatic heterocycles. The molecule has 0 aliphatic carbocycles. The van der Waals surface area contributed by atoms with Gasteiger partial charge >= 0.3 is 0 Å². The first-order valence-corrected chi connectivity index (χ1v) is 30.3. The van der Waals surface area contributed by atoms with Crippen LogP contribution in [0.2, 0.25) is 0 Å². The first-order chi connectivity index (χ1) is 44.7. The normalized spacial score (nSPS) is 11.1. The number of unbranched alkanes of at least 4 members (excludes halogenated alkanes) is 3. The van der Waals surface area contributed by atoms with Crippen molar-refractivity contribution < 1.29 is 53.1 Å². The van der Waals surface area contributed by atoms with Crippen molar-refractivity contribution in [2.75, 3.05) is 91.7 Å². The number of nitrogens with zero attached hydrogens (tertiary/aromatic N) is 6. The summed E-state index contributed by atoms with van der Waals surface area (Å²) in [4.78, 5) is 155. The Morgan fingerprint density at radius 1 is 0.337 bits per heavy atom. The fourth-order valence-electron chi connectivity index (χ4n) is 10.7. The molecule has 3 aromatic heterocycles. The third-order valence-electron chi connectivity index (χ3n) is 15.3. The van der Waals surface area contributed by atoms with Crippen LogP contribution in [0, 0.1) is 0 Å². The summed E-state index contributed by atoms with van der Waals surface area (Å²) in [7, 11) is 0. The monoisotopic (exact) mass is 1250 g/mol. The number of pyridine rings is 3. The zero-order valence-electron chi connectivity index (χ0n) is 50.8. The summed E-state index contributed by atoms with van der Waals surface area (Å²) in [5, 5.41) is 31.5. The van der Waals surface area contributed by atoms with Crippen LogP contribution in [0.25, 0.3) is 65.4 Å². The standard InChI is InChI=1S/C68H71N13O11/c1-44(83)69-31-34-79(60(87)38-73-66(90)63-45-18-4-10-24-51(45)76-52-25-11-5-19-46(52)63)42-58(85)71-33-36-81(62(89)40-75-68(92)65-49-22-8-14-28-55(49)78-56-29-15-9-23-50(56)65)43-59(86)72-32-35-80(41-57(84)70-30-16-2-3-17-37-82)61(88)39-74-67(91)64-47-20-6-12-26-53(47)77-54-27-13-7-21-48(54)64/h4-15,18-29,82H,2-3,16-17,30-43H2,1H3,(H,69,83)(H,70,84)(H,71,85)(H,72,86)(H,73,90)(H,74,91)(H,75,92). The van der Waals surface area contributed by atoms with E-state index in [-0.39, 0.29) is 57.3 Å². The molecule has 0 aliphatic rings. The van der Waals surface area contributed by atoms with E-state index >= 15 is 0 Å². The van der Waals surface area contributed by atoms with Crippen LogP contribution in [0.3, 0.4) is 0 Å². The molecule has 3 heterocycles. The Balaban J connectivity index is 0.871. The molecule has 0 saturated heterocycles. The van der Waals surface area contributed by atoms with Crippen molar-refractivity contribution in [3.8, 4) is 0 Å². The second kappa shape index (κ2) is 31.9. The van der Waals surface area contributed by atoms with E-state index < -0.39 is 92.4 Å². The van der Waals surface area contributed by atoms with Gasteiger partial charge in [0.15, 0.2) is 0 Å². The summed E-state index contributed by atoms with van der Waals surface area (Å²) in [5.74, 6) is -5.98. The molecule has 24 nitrogen and oxygen atoms in total. The van der Waals surface area contributed by atoms with Crippen LogP contribution in [-0.2, 0) is 33.6 Å². The molecule has 24 heteroatoms. The van der Waals surface area contributed by atoms with Crippen molar-refractivity contribution >= 4 is 124 Å². The SMILES string of the molecule is CC(=O)NCCN(CC(=O)NCCN(CC(=O)NCCN(CC(=O)NCCCCCCO)C(=O)CNC(=O)c1c2ccccc2nc2ccccc12)C(=O)CNC(=O)c1c2ccccc2nc2ccccc12)C(=O)CNC(=O)c1c2ccccc2nc2ccccc12. The molecule has 6 aromatic carbocycles. The molecule has 0 bridgehead atoms. The van der Waals surface area contributed by atoms with Gasteiger partial charge in [-0.25, -0.2) is 15.0 Å². The van der Waals surface area contributed by atoms with Gasteiger partial charge in [-0.3, -0.25) is 47.9 Å². The third-order valence-corrected chi connectivity index (χ3v) is 15.3. The van der Waals surface area contributed by atoms with E-state index in [1.165, 1.54) is 11.8 Å². The summed E-state index contributed by atoms with van der Waals surface area (Å²) >= 11 is 0. The van der Waals surface area contributed by atoms with Gasteiger partial charge in [-0.2, -0.15) is 0 Å². The lowest BCUT2D eigenvalue weighted by Crippen LogP contribution is -2.51. The number of fused-ring (bicyclic) bond motifs is 6. The zero-order chi connectivity index (χ0) is 64.9. The average molecular weight is 1250 g/mol. The van der Waals surface area contributed by atoms with E-state index in [2.05, 4.69) is 52.2 Å². The molecule has 9 aromatic rings. The lowest BCUT2D eigenvalue weighted by Gasteiger charge is -2.25. The van der Waals surface area contributed by atoms with Crippen LogP contribution < -0.4 is 37.2 Å². The van der Waals surface area contributed by atoms with Gasteiger partial charge in [0.05, 0.1) is 89.1 Å². The van der Waals surface area contributed by atoms with Crippen LogP contribution in [0.5, 0.6) is 0 Å². The van der Waals surface area contributed by atoms with Crippen molar-refractivity contribution in [2.45, 2.75) is 32.6 Å². The molecule has 0 saturated carbocycles. The van der Waals surface area contributed by atoms with Crippen molar-refractivity contribution in [3.05, 3.63) is 162 Å². The summed E-state index contributed by atoms with van der Waals surface area (Å²) < 4.78 is 0. The number of carbonyl (C=O) groups is 10. The van der Waals surface area contributed by atoms with Crippen molar-refractivity contribution in [1.29, 1.82) is 0 Å². The number of benzene rings is 6. The fourth-order valence-corrected chi connectivity index (χ4v) is 10.7. The quantitative estimate of drug-likeness (QED) is 0.0234. The lowest BCUT2D eigenvalue weighted by molar-refractivity contribution is -0.136. The van der Waals surface area contributed by atoms with Crippen LogP contribution in [0.1, 0.15) is 63.7 Å². The predicted molar refractivity (Wildman–Crippen MR) is 348 cm³/mol. The molecular formula is C68H71N13O11. The van der Waals surface area contributed by atoms with Gasteiger partial charge in [0.2, 0.25) is 41.4 Å². The predicted octanol–water partition coefficient (Wildman–Crippen LogP) is 3.90. The van der Waals surface area contributed by atoms with E-state index in [4.69, 9.17) is 5.11 Å². The summed E-state index contributed by atoms with van der Waals surface area (Å²) in [6, 6.07) is 42.6. The van der Waals surface area contributed by atoms with Gasteiger partial charge in [-0.1, -0.05) is 122 Å². The molecule has 8 N–H and O–H groups in total. The third kappa shape index (κ3) is 17.0. The number of carbonyl (C=O) groups excluding carboxylic acids is 10. The van der Waals surface area contributed by atoms with Gasteiger partial charge in [0.25, 0.3) is 17.7 Å². The van der Waals surface area contributed by atoms with Crippen LogP contribution in [-0.4, -0.2) is 186 Å². The molecule has 0 unspecified atom stereocenters. The Kier molecular flexibility index (Phi) is 22.7. The first kappa shape index (κ1) is 65.4. The smallest absolute Gasteiger partial charge is 0.253 e. The van der Waals surface area contributed by atoms with Crippen molar-refractivity contribution in [2.24, 2.45) is 0 Å². The Labute approximate surface area is 528 Å². The molecule has 0 spiro atoms.